The average molecular weight is 213 g/mol. The van der Waals surface area contributed by atoms with Crippen molar-refractivity contribution in [3.05, 3.63) is 59.4 Å². The van der Waals surface area contributed by atoms with Crippen molar-refractivity contribution >= 4 is 0 Å². The fraction of sp³-hybridized carbons (Fsp3) is 0.231. The van der Waals surface area contributed by atoms with Gasteiger partial charge in [0.05, 0.1) is 12.2 Å². The van der Waals surface area contributed by atoms with Crippen molar-refractivity contribution in [3.63, 3.8) is 0 Å². The molecule has 3 heteroatoms. The smallest absolute Gasteiger partial charge is 0.0590 e. The number of rotatable bonds is 3. The Balaban J connectivity index is 2.33. The van der Waals surface area contributed by atoms with Crippen LogP contribution in [-0.2, 0) is 0 Å². The number of aromatic nitrogens is 2. The normalized spacial score (nSPS) is 12.4. The Morgan fingerprint density at radius 3 is 2.31 bits per heavy atom. The largest absolute Gasteiger partial charge is 0.309 e. The first-order chi connectivity index (χ1) is 7.81. The van der Waals surface area contributed by atoms with Gasteiger partial charge < -0.3 is 5.32 Å². The fourth-order valence-corrected chi connectivity index (χ4v) is 1.76. The topological polar surface area (TPSA) is 37.8 Å². The standard InChI is InChI=1S/C13H15N3/c1-10-3-5-11(6-4-10)13(14-2)12-7-8-15-16-9-12/h3-9,13-14H,1-2H3. The molecule has 0 fully saturated rings. The Kier molecular flexibility index (Phi) is 3.27. The summed E-state index contributed by atoms with van der Waals surface area (Å²) in [6, 6.07) is 10.7. The molecular formula is C13H15N3. The molecule has 1 atom stereocenters. The summed E-state index contributed by atoms with van der Waals surface area (Å²) in [5, 5.41) is 11.0. The summed E-state index contributed by atoms with van der Waals surface area (Å²) >= 11 is 0. The Morgan fingerprint density at radius 1 is 1.00 bits per heavy atom. The van der Waals surface area contributed by atoms with E-state index in [-0.39, 0.29) is 6.04 Å². The lowest BCUT2D eigenvalue weighted by Gasteiger charge is -2.16. The van der Waals surface area contributed by atoms with Crippen LogP contribution in [0.4, 0.5) is 0 Å². The van der Waals surface area contributed by atoms with E-state index in [4.69, 9.17) is 0 Å². The molecule has 0 spiro atoms. The summed E-state index contributed by atoms with van der Waals surface area (Å²) in [5.74, 6) is 0. The first-order valence-electron chi connectivity index (χ1n) is 5.31. The van der Waals surface area contributed by atoms with Gasteiger partial charge in [-0.1, -0.05) is 29.8 Å². The van der Waals surface area contributed by atoms with Crippen LogP contribution < -0.4 is 5.32 Å². The van der Waals surface area contributed by atoms with Crippen molar-refractivity contribution in [3.8, 4) is 0 Å². The molecule has 0 bridgehead atoms. The summed E-state index contributed by atoms with van der Waals surface area (Å²) in [4.78, 5) is 0. The molecule has 0 radical (unpaired) electrons. The van der Waals surface area contributed by atoms with E-state index in [0.717, 1.165) is 5.56 Å². The average Bonchev–Trinajstić information content (AvgIpc) is 2.34. The molecule has 82 valence electrons. The molecule has 2 aromatic rings. The monoisotopic (exact) mass is 213 g/mol. The van der Waals surface area contributed by atoms with Crippen LogP contribution in [0.15, 0.2) is 42.7 Å². The van der Waals surface area contributed by atoms with Crippen LogP contribution in [0.5, 0.6) is 0 Å². The van der Waals surface area contributed by atoms with E-state index in [1.54, 1.807) is 12.4 Å². The lowest BCUT2D eigenvalue weighted by atomic mass is 10.00. The molecule has 1 unspecified atom stereocenters. The third-order valence-corrected chi connectivity index (χ3v) is 2.64. The molecule has 0 aliphatic rings. The van der Waals surface area contributed by atoms with Crippen LogP contribution in [0.3, 0.4) is 0 Å². The van der Waals surface area contributed by atoms with Gasteiger partial charge in [-0.15, -0.1) is 0 Å². The number of nitrogens with one attached hydrogen (secondary N) is 1. The zero-order chi connectivity index (χ0) is 11.4. The van der Waals surface area contributed by atoms with Crippen molar-refractivity contribution in [2.45, 2.75) is 13.0 Å². The Labute approximate surface area is 95.5 Å². The molecule has 0 saturated heterocycles. The minimum Gasteiger partial charge on any atom is -0.309 e. The van der Waals surface area contributed by atoms with E-state index in [1.165, 1.54) is 11.1 Å². The molecule has 2 rings (SSSR count). The van der Waals surface area contributed by atoms with E-state index in [0.29, 0.717) is 0 Å². The third kappa shape index (κ3) is 2.25. The van der Waals surface area contributed by atoms with E-state index >= 15 is 0 Å². The summed E-state index contributed by atoms with van der Waals surface area (Å²) in [7, 11) is 1.95. The molecular weight excluding hydrogens is 198 g/mol. The maximum Gasteiger partial charge on any atom is 0.0590 e. The van der Waals surface area contributed by atoms with Gasteiger partial charge in [-0.3, -0.25) is 0 Å². The van der Waals surface area contributed by atoms with Gasteiger partial charge in [0.2, 0.25) is 0 Å². The number of nitrogens with zero attached hydrogens (tertiary/aromatic N) is 2. The summed E-state index contributed by atoms with van der Waals surface area (Å²) < 4.78 is 0. The second-order valence-electron chi connectivity index (χ2n) is 3.81. The van der Waals surface area contributed by atoms with Crippen LogP contribution in [0.1, 0.15) is 22.7 Å². The van der Waals surface area contributed by atoms with Crippen molar-refractivity contribution in [1.29, 1.82) is 0 Å². The summed E-state index contributed by atoms with van der Waals surface area (Å²) in [6.45, 7) is 2.09. The number of hydrogen-bond acceptors (Lipinski definition) is 3. The molecule has 0 amide bonds. The van der Waals surface area contributed by atoms with Gasteiger partial charge in [0.25, 0.3) is 0 Å². The van der Waals surface area contributed by atoms with Crippen LogP contribution in [0.25, 0.3) is 0 Å². The van der Waals surface area contributed by atoms with Gasteiger partial charge in [-0.05, 0) is 31.2 Å². The second kappa shape index (κ2) is 4.86. The number of benzene rings is 1. The molecule has 16 heavy (non-hydrogen) atoms. The van der Waals surface area contributed by atoms with Crippen molar-refractivity contribution in [2.75, 3.05) is 7.05 Å². The van der Waals surface area contributed by atoms with Gasteiger partial charge >= 0.3 is 0 Å². The van der Waals surface area contributed by atoms with Crippen LogP contribution in [-0.4, -0.2) is 17.2 Å². The maximum absolute atomic E-state index is 3.91. The lowest BCUT2D eigenvalue weighted by Crippen LogP contribution is -2.17. The Hall–Kier alpha value is -1.74. The molecule has 3 nitrogen and oxygen atoms in total. The quantitative estimate of drug-likeness (QED) is 0.848. The highest BCUT2D eigenvalue weighted by molar-refractivity contribution is 5.31. The zero-order valence-corrected chi connectivity index (χ0v) is 9.51. The van der Waals surface area contributed by atoms with E-state index < -0.39 is 0 Å². The SMILES string of the molecule is CNC(c1ccc(C)cc1)c1ccnnc1. The highest BCUT2D eigenvalue weighted by Gasteiger charge is 2.11. The van der Waals surface area contributed by atoms with E-state index in [2.05, 4.69) is 46.7 Å². The number of aryl methyl sites for hydroxylation is 1. The predicted molar refractivity (Wildman–Crippen MR) is 64.1 cm³/mol. The molecule has 1 N–H and O–H groups in total. The lowest BCUT2D eigenvalue weighted by molar-refractivity contribution is 0.685. The molecule has 1 aromatic heterocycles. The van der Waals surface area contributed by atoms with Gasteiger partial charge in [0.1, 0.15) is 0 Å². The molecule has 0 aliphatic heterocycles. The van der Waals surface area contributed by atoms with E-state index in [1.807, 2.05) is 13.1 Å². The Bertz CT molecular complexity index is 436. The molecule has 1 aromatic carbocycles. The van der Waals surface area contributed by atoms with Gasteiger partial charge in [-0.25, -0.2) is 0 Å². The summed E-state index contributed by atoms with van der Waals surface area (Å²) in [5.41, 5.74) is 3.63. The highest BCUT2D eigenvalue weighted by atomic mass is 15.1. The van der Waals surface area contributed by atoms with Crippen molar-refractivity contribution in [1.82, 2.24) is 15.5 Å². The predicted octanol–water partition coefficient (Wildman–Crippen LogP) is 2.09. The van der Waals surface area contributed by atoms with Gasteiger partial charge in [0.15, 0.2) is 0 Å². The molecule has 0 aliphatic carbocycles. The Morgan fingerprint density at radius 2 is 1.75 bits per heavy atom. The van der Waals surface area contributed by atoms with Crippen molar-refractivity contribution < 1.29 is 0 Å². The minimum absolute atomic E-state index is 0.177. The first kappa shape index (κ1) is 10.8. The van der Waals surface area contributed by atoms with E-state index in [9.17, 15) is 0 Å². The molecule has 0 saturated carbocycles. The van der Waals surface area contributed by atoms with Crippen LogP contribution >= 0.6 is 0 Å². The maximum atomic E-state index is 3.91. The number of hydrogen-bond donors (Lipinski definition) is 1. The van der Waals surface area contributed by atoms with Gasteiger partial charge in [0, 0.05) is 6.20 Å². The minimum atomic E-state index is 0.177. The van der Waals surface area contributed by atoms with Crippen molar-refractivity contribution in [2.24, 2.45) is 0 Å². The zero-order valence-electron chi connectivity index (χ0n) is 9.51. The van der Waals surface area contributed by atoms with Crippen LogP contribution in [0.2, 0.25) is 0 Å². The highest BCUT2D eigenvalue weighted by Crippen LogP contribution is 2.20. The fourth-order valence-electron chi connectivity index (χ4n) is 1.76. The third-order valence-electron chi connectivity index (χ3n) is 2.64. The van der Waals surface area contributed by atoms with Crippen LogP contribution in [0, 0.1) is 6.92 Å². The second-order valence-corrected chi connectivity index (χ2v) is 3.81. The van der Waals surface area contributed by atoms with Gasteiger partial charge in [-0.2, -0.15) is 10.2 Å². The summed E-state index contributed by atoms with van der Waals surface area (Å²) in [6.07, 6.45) is 3.51. The molecule has 1 heterocycles. The first-order valence-corrected chi connectivity index (χ1v) is 5.31.